The van der Waals surface area contributed by atoms with Gasteiger partial charge < -0.3 is 14.5 Å². The zero-order chi connectivity index (χ0) is 18.7. The molecule has 2 heterocycles. The molecule has 0 N–H and O–H groups in total. The molecular formula is C17H18ClN3O4S. The van der Waals surface area contributed by atoms with Crippen LogP contribution < -0.4 is 4.74 Å². The fourth-order valence-corrected chi connectivity index (χ4v) is 3.66. The molecule has 3 rings (SSSR count). The number of para-hydroxylation sites is 1. The molecule has 1 aromatic carbocycles. The first-order valence-electron chi connectivity index (χ1n) is 7.98. The summed E-state index contributed by atoms with van der Waals surface area (Å²) in [6.45, 7) is 0.962. The Hall–Kier alpha value is -2.32. The van der Waals surface area contributed by atoms with Crippen molar-refractivity contribution in [1.29, 1.82) is 0 Å². The first kappa shape index (κ1) is 18.5. The van der Waals surface area contributed by atoms with Crippen molar-refractivity contribution in [2.24, 2.45) is 4.40 Å². The number of amidine groups is 1. The number of carbonyl (C=O) groups is 1. The van der Waals surface area contributed by atoms with Gasteiger partial charge >= 0.3 is 0 Å². The number of fused-ring (bicyclic) bond motifs is 1. The summed E-state index contributed by atoms with van der Waals surface area (Å²) >= 11 is 6.03. The summed E-state index contributed by atoms with van der Waals surface area (Å²) in [7, 11) is -1.73. The third kappa shape index (κ3) is 4.25. The van der Waals surface area contributed by atoms with Crippen molar-refractivity contribution in [3.8, 4) is 5.75 Å². The van der Waals surface area contributed by atoms with Crippen LogP contribution in [0.4, 0.5) is 0 Å². The zero-order valence-corrected chi connectivity index (χ0v) is 15.7. The second-order valence-corrected chi connectivity index (χ2v) is 8.01. The third-order valence-corrected chi connectivity index (χ3v) is 5.41. The lowest BCUT2D eigenvalue weighted by Crippen LogP contribution is -2.39. The molecule has 2 aliphatic rings. The Balaban J connectivity index is 1.59. The van der Waals surface area contributed by atoms with E-state index >= 15 is 0 Å². The molecule has 2 aliphatic heterocycles. The van der Waals surface area contributed by atoms with Gasteiger partial charge in [0.25, 0.3) is 15.9 Å². The van der Waals surface area contributed by atoms with Gasteiger partial charge in [-0.15, -0.1) is 4.40 Å². The van der Waals surface area contributed by atoms with E-state index < -0.39 is 10.0 Å². The van der Waals surface area contributed by atoms with Crippen molar-refractivity contribution in [2.45, 2.75) is 0 Å². The number of hydrogen-bond donors (Lipinski definition) is 0. The van der Waals surface area contributed by atoms with Gasteiger partial charge in [0.1, 0.15) is 18.2 Å². The van der Waals surface area contributed by atoms with E-state index in [1.54, 1.807) is 36.4 Å². The zero-order valence-electron chi connectivity index (χ0n) is 14.1. The molecule has 7 nitrogen and oxygen atoms in total. The van der Waals surface area contributed by atoms with E-state index in [1.165, 1.54) is 11.0 Å². The molecule has 138 valence electrons. The quantitative estimate of drug-likeness (QED) is 0.757. The summed E-state index contributed by atoms with van der Waals surface area (Å²) in [5.41, 5.74) is 0.462. The van der Waals surface area contributed by atoms with E-state index in [4.69, 9.17) is 16.3 Å². The molecular weight excluding hydrogens is 378 g/mol. The Kier molecular flexibility index (Phi) is 5.33. The van der Waals surface area contributed by atoms with E-state index in [1.807, 2.05) is 12.1 Å². The van der Waals surface area contributed by atoms with Gasteiger partial charge in [-0.05, 0) is 24.3 Å². The normalized spacial score (nSPS) is 17.8. The highest BCUT2D eigenvalue weighted by molar-refractivity contribution is 7.90. The number of rotatable bonds is 5. The molecule has 26 heavy (non-hydrogen) atoms. The van der Waals surface area contributed by atoms with Crippen LogP contribution in [0.3, 0.4) is 0 Å². The largest absolute Gasteiger partial charge is 0.490 e. The van der Waals surface area contributed by atoms with Crippen LogP contribution in [0, 0.1) is 0 Å². The molecule has 9 heteroatoms. The van der Waals surface area contributed by atoms with E-state index in [2.05, 4.69) is 4.40 Å². The summed E-state index contributed by atoms with van der Waals surface area (Å²) in [6.07, 6.45) is 4.74. The minimum Gasteiger partial charge on any atom is -0.490 e. The minimum absolute atomic E-state index is 0.0657. The van der Waals surface area contributed by atoms with Gasteiger partial charge in [0.15, 0.2) is 0 Å². The van der Waals surface area contributed by atoms with Crippen molar-refractivity contribution in [3.05, 3.63) is 53.2 Å². The molecule has 0 radical (unpaired) electrons. The van der Waals surface area contributed by atoms with Gasteiger partial charge in [-0.2, -0.15) is 0 Å². The Labute approximate surface area is 157 Å². The van der Waals surface area contributed by atoms with Crippen molar-refractivity contribution >= 4 is 33.4 Å². The number of ether oxygens (including phenoxy) is 1. The number of benzene rings is 1. The van der Waals surface area contributed by atoms with E-state index in [0.717, 1.165) is 0 Å². The molecule has 0 saturated heterocycles. The van der Waals surface area contributed by atoms with Gasteiger partial charge in [-0.3, -0.25) is 4.79 Å². The summed E-state index contributed by atoms with van der Waals surface area (Å²) < 4.78 is 32.3. The van der Waals surface area contributed by atoms with Crippen LogP contribution in [0.15, 0.2) is 52.6 Å². The van der Waals surface area contributed by atoms with Crippen molar-refractivity contribution in [1.82, 2.24) is 9.80 Å². The monoisotopic (exact) mass is 395 g/mol. The van der Waals surface area contributed by atoms with Gasteiger partial charge in [-0.1, -0.05) is 23.7 Å². The van der Waals surface area contributed by atoms with Crippen molar-refractivity contribution in [3.63, 3.8) is 0 Å². The van der Waals surface area contributed by atoms with Crippen LogP contribution >= 0.6 is 11.6 Å². The van der Waals surface area contributed by atoms with Crippen LogP contribution in [0.25, 0.3) is 0 Å². The summed E-state index contributed by atoms with van der Waals surface area (Å²) in [6, 6.07) is 7.14. The maximum atomic E-state index is 12.5. The molecule has 0 saturated carbocycles. The summed E-state index contributed by atoms with van der Waals surface area (Å²) in [5, 5.41) is 0.520. The SMILES string of the molecule is CN(CCOc1ccccc1Cl)C(=O)C1=CN2CCS(=O)(=O)N=C2C=C1. The Morgan fingerprint density at radius 2 is 2.12 bits per heavy atom. The van der Waals surface area contributed by atoms with Gasteiger partial charge in [0.2, 0.25) is 0 Å². The van der Waals surface area contributed by atoms with E-state index in [0.29, 0.717) is 35.3 Å². The highest BCUT2D eigenvalue weighted by atomic mass is 35.5. The van der Waals surface area contributed by atoms with Crippen molar-refractivity contribution < 1.29 is 17.9 Å². The Morgan fingerprint density at radius 1 is 1.35 bits per heavy atom. The van der Waals surface area contributed by atoms with Crippen LogP contribution in [-0.4, -0.2) is 62.5 Å². The molecule has 0 bridgehead atoms. The molecule has 1 aromatic rings. The predicted octanol–water partition coefficient (Wildman–Crippen LogP) is 1.67. The van der Waals surface area contributed by atoms with Gasteiger partial charge in [0.05, 0.1) is 22.9 Å². The minimum atomic E-state index is -3.41. The number of likely N-dealkylation sites (N-methyl/N-ethyl adjacent to an activating group) is 1. The van der Waals surface area contributed by atoms with Crippen LogP contribution in [0.2, 0.25) is 5.02 Å². The molecule has 1 amide bonds. The summed E-state index contributed by atoms with van der Waals surface area (Å²) in [5.74, 6) is 0.653. The number of carbonyl (C=O) groups excluding carboxylic acids is 1. The third-order valence-electron chi connectivity index (χ3n) is 3.94. The van der Waals surface area contributed by atoms with E-state index in [-0.39, 0.29) is 18.2 Å². The average Bonchev–Trinajstić information content (AvgIpc) is 2.61. The fourth-order valence-electron chi connectivity index (χ4n) is 2.50. The first-order chi connectivity index (χ1) is 12.4. The maximum Gasteiger partial charge on any atom is 0.256 e. The molecule has 0 spiro atoms. The molecule has 0 aliphatic carbocycles. The molecule has 0 fully saturated rings. The first-order valence-corrected chi connectivity index (χ1v) is 9.96. The molecule has 0 unspecified atom stereocenters. The van der Waals surface area contributed by atoms with Crippen LogP contribution in [0.1, 0.15) is 0 Å². The van der Waals surface area contributed by atoms with Gasteiger partial charge in [-0.25, -0.2) is 8.42 Å². The number of hydrogen-bond acceptors (Lipinski definition) is 5. The van der Waals surface area contributed by atoms with E-state index in [9.17, 15) is 13.2 Å². The van der Waals surface area contributed by atoms with Gasteiger partial charge in [0, 0.05) is 19.8 Å². The molecule has 0 aromatic heterocycles. The Morgan fingerprint density at radius 3 is 2.88 bits per heavy atom. The lowest BCUT2D eigenvalue weighted by molar-refractivity contribution is -0.125. The highest BCUT2D eigenvalue weighted by Crippen LogP contribution is 2.23. The maximum absolute atomic E-state index is 12.5. The van der Waals surface area contributed by atoms with Crippen LogP contribution in [-0.2, 0) is 14.8 Å². The highest BCUT2D eigenvalue weighted by Gasteiger charge is 2.25. The summed E-state index contributed by atoms with van der Waals surface area (Å²) in [4.78, 5) is 15.8. The number of nitrogens with zero attached hydrogens (tertiary/aromatic N) is 3. The second-order valence-electron chi connectivity index (χ2n) is 5.85. The van der Waals surface area contributed by atoms with Crippen LogP contribution in [0.5, 0.6) is 5.75 Å². The number of amides is 1. The number of sulfonamides is 1. The standard InChI is InChI=1S/C17H18ClN3O4S/c1-20(8-10-25-15-5-3-2-4-14(15)18)17(22)13-6-7-16-19-26(23,24)11-9-21(16)12-13/h2-7,12H,8-11H2,1H3. The smallest absolute Gasteiger partial charge is 0.256 e. The fraction of sp³-hybridized carbons (Fsp3) is 0.294. The second kappa shape index (κ2) is 7.51. The lowest BCUT2D eigenvalue weighted by atomic mass is 10.1. The predicted molar refractivity (Wildman–Crippen MR) is 99.7 cm³/mol. The lowest BCUT2D eigenvalue weighted by Gasteiger charge is -2.28. The average molecular weight is 396 g/mol. The molecule has 0 atom stereocenters. The number of halogens is 1. The topological polar surface area (TPSA) is 79.3 Å². The Bertz CT molecular complexity index is 908. The van der Waals surface area contributed by atoms with Crippen molar-refractivity contribution in [2.75, 3.05) is 32.5 Å².